The Morgan fingerprint density at radius 1 is 1.48 bits per heavy atom. The van der Waals surface area contributed by atoms with Gasteiger partial charge in [0.05, 0.1) is 30.4 Å². The SMILES string of the molecule is CC(C)[C@@H](Cn1ccnn1)NC(=O)c1cccc(C#N)c1. The largest absolute Gasteiger partial charge is 0.347 e. The fourth-order valence-corrected chi connectivity index (χ4v) is 1.94. The first-order chi connectivity index (χ1) is 10.1. The fourth-order valence-electron chi connectivity index (χ4n) is 1.94. The number of carbonyl (C=O) groups is 1. The lowest BCUT2D eigenvalue weighted by Gasteiger charge is -2.22. The summed E-state index contributed by atoms with van der Waals surface area (Å²) in [6.07, 6.45) is 3.37. The lowest BCUT2D eigenvalue weighted by Crippen LogP contribution is -2.41. The molecular formula is C15H17N5O. The third-order valence-electron chi connectivity index (χ3n) is 3.23. The van der Waals surface area contributed by atoms with Gasteiger partial charge in [-0.05, 0) is 24.1 Å². The van der Waals surface area contributed by atoms with Crippen LogP contribution in [0.25, 0.3) is 0 Å². The quantitative estimate of drug-likeness (QED) is 0.903. The highest BCUT2D eigenvalue weighted by atomic mass is 16.1. The molecule has 0 saturated carbocycles. The molecule has 0 bridgehead atoms. The third kappa shape index (κ3) is 3.89. The summed E-state index contributed by atoms with van der Waals surface area (Å²) in [4.78, 5) is 12.3. The van der Waals surface area contributed by atoms with E-state index in [2.05, 4.69) is 15.6 Å². The Morgan fingerprint density at radius 2 is 2.29 bits per heavy atom. The van der Waals surface area contributed by atoms with E-state index in [-0.39, 0.29) is 17.9 Å². The van der Waals surface area contributed by atoms with Crippen LogP contribution in [0.15, 0.2) is 36.7 Å². The molecule has 6 nitrogen and oxygen atoms in total. The van der Waals surface area contributed by atoms with Crippen molar-refractivity contribution in [2.24, 2.45) is 5.92 Å². The predicted molar refractivity (Wildman–Crippen MR) is 77.3 cm³/mol. The lowest BCUT2D eigenvalue weighted by molar-refractivity contribution is 0.0919. The fraction of sp³-hybridized carbons (Fsp3) is 0.333. The van der Waals surface area contributed by atoms with E-state index >= 15 is 0 Å². The first-order valence-corrected chi connectivity index (χ1v) is 6.75. The summed E-state index contributed by atoms with van der Waals surface area (Å²) in [5.74, 6) is 0.0585. The Morgan fingerprint density at radius 3 is 2.90 bits per heavy atom. The van der Waals surface area contributed by atoms with Gasteiger partial charge < -0.3 is 5.32 Å². The van der Waals surface area contributed by atoms with E-state index in [1.54, 1.807) is 41.3 Å². The van der Waals surface area contributed by atoms with Crippen LogP contribution >= 0.6 is 0 Å². The lowest BCUT2D eigenvalue weighted by atomic mass is 10.0. The number of aromatic nitrogens is 3. The standard InChI is InChI=1S/C15H17N5O/c1-11(2)14(10-20-7-6-17-19-20)18-15(21)13-5-3-4-12(8-13)9-16/h3-8,11,14H,10H2,1-2H3,(H,18,21)/t14-/m1/s1. The van der Waals surface area contributed by atoms with Crippen molar-refractivity contribution in [2.45, 2.75) is 26.4 Å². The zero-order chi connectivity index (χ0) is 15.2. The van der Waals surface area contributed by atoms with Gasteiger partial charge in [0.2, 0.25) is 0 Å². The van der Waals surface area contributed by atoms with E-state index in [0.717, 1.165) is 0 Å². The van der Waals surface area contributed by atoms with E-state index in [1.165, 1.54) is 0 Å². The molecule has 0 aliphatic rings. The molecule has 0 unspecified atom stereocenters. The van der Waals surface area contributed by atoms with Gasteiger partial charge in [0.15, 0.2) is 0 Å². The summed E-state index contributed by atoms with van der Waals surface area (Å²) in [6.45, 7) is 4.63. The molecule has 1 N–H and O–H groups in total. The van der Waals surface area contributed by atoms with Gasteiger partial charge in [-0.3, -0.25) is 9.48 Å². The maximum atomic E-state index is 12.3. The Balaban J connectivity index is 2.09. The summed E-state index contributed by atoms with van der Waals surface area (Å²) in [5, 5.41) is 19.5. The third-order valence-corrected chi connectivity index (χ3v) is 3.23. The zero-order valence-electron chi connectivity index (χ0n) is 12.0. The van der Waals surface area contributed by atoms with Crippen molar-refractivity contribution >= 4 is 5.91 Å². The average molecular weight is 283 g/mol. The maximum absolute atomic E-state index is 12.3. The van der Waals surface area contributed by atoms with E-state index in [4.69, 9.17) is 5.26 Å². The Kier molecular flexibility index (Phi) is 4.67. The van der Waals surface area contributed by atoms with Crippen molar-refractivity contribution in [3.8, 4) is 6.07 Å². The van der Waals surface area contributed by atoms with Gasteiger partial charge in [-0.2, -0.15) is 5.26 Å². The van der Waals surface area contributed by atoms with Crippen molar-refractivity contribution in [1.29, 1.82) is 5.26 Å². The molecule has 1 aromatic heterocycles. The van der Waals surface area contributed by atoms with E-state index in [1.807, 2.05) is 19.9 Å². The minimum absolute atomic E-state index is 0.0649. The number of benzene rings is 1. The molecule has 108 valence electrons. The van der Waals surface area contributed by atoms with Crippen molar-refractivity contribution in [3.63, 3.8) is 0 Å². The number of rotatable bonds is 5. The molecule has 0 saturated heterocycles. The molecule has 1 atom stereocenters. The van der Waals surface area contributed by atoms with Crippen LogP contribution in [-0.2, 0) is 6.54 Å². The monoisotopic (exact) mass is 283 g/mol. The normalized spacial score (nSPS) is 11.9. The number of nitrogens with one attached hydrogen (secondary N) is 1. The van der Waals surface area contributed by atoms with Gasteiger partial charge >= 0.3 is 0 Å². The van der Waals surface area contributed by atoms with Crippen LogP contribution in [0.5, 0.6) is 0 Å². The highest BCUT2D eigenvalue weighted by Crippen LogP contribution is 2.08. The molecule has 2 rings (SSSR count). The predicted octanol–water partition coefficient (Wildman–Crippen LogP) is 1.60. The molecule has 0 aliphatic carbocycles. The molecule has 1 heterocycles. The molecule has 0 aliphatic heterocycles. The molecule has 1 amide bonds. The number of amides is 1. The van der Waals surface area contributed by atoms with Crippen molar-refractivity contribution in [3.05, 3.63) is 47.8 Å². The van der Waals surface area contributed by atoms with Gasteiger partial charge in [0.25, 0.3) is 5.91 Å². The van der Waals surface area contributed by atoms with Crippen molar-refractivity contribution in [2.75, 3.05) is 0 Å². The van der Waals surface area contributed by atoms with Crippen LogP contribution in [0.4, 0.5) is 0 Å². The Labute approximate surface area is 123 Å². The average Bonchev–Trinajstić information content (AvgIpc) is 2.99. The van der Waals surface area contributed by atoms with Crippen LogP contribution in [0, 0.1) is 17.2 Å². The second kappa shape index (κ2) is 6.66. The van der Waals surface area contributed by atoms with E-state index in [9.17, 15) is 4.79 Å². The molecule has 2 aromatic rings. The van der Waals surface area contributed by atoms with Gasteiger partial charge in [-0.1, -0.05) is 25.1 Å². The zero-order valence-corrected chi connectivity index (χ0v) is 12.0. The number of carbonyl (C=O) groups excluding carboxylic acids is 1. The second-order valence-corrected chi connectivity index (χ2v) is 5.14. The van der Waals surface area contributed by atoms with Crippen LogP contribution in [-0.4, -0.2) is 26.9 Å². The maximum Gasteiger partial charge on any atom is 0.251 e. The molecule has 0 fully saturated rings. The van der Waals surface area contributed by atoms with Crippen LogP contribution < -0.4 is 5.32 Å². The molecular weight excluding hydrogens is 266 g/mol. The smallest absolute Gasteiger partial charge is 0.251 e. The number of hydrogen-bond donors (Lipinski definition) is 1. The van der Waals surface area contributed by atoms with Crippen molar-refractivity contribution < 1.29 is 4.79 Å². The molecule has 0 spiro atoms. The first kappa shape index (κ1) is 14.7. The van der Waals surface area contributed by atoms with Crippen LogP contribution in [0.2, 0.25) is 0 Å². The van der Waals surface area contributed by atoms with E-state index in [0.29, 0.717) is 17.7 Å². The van der Waals surface area contributed by atoms with Gasteiger partial charge in [0, 0.05) is 11.8 Å². The topological polar surface area (TPSA) is 83.6 Å². The summed E-state index contributed by atoms with van der Waals surface area (Å²) < 4.78 is 1.69. The highest BCUT2D eigenvalue weighted by molar-refractivity contribution is 5.94. The van der Waals surface area contributed by atoms with Crippen LogP contribution in [0.3, 0.4) is 0 Å². The molecule has 0 radical (unpaired) electrons. The van der Waals surface area contributed by atoms with Gasteiger partial charge in [-0.15, -0.1) is 5.10 Å². The summed E-state index contributed by atoms with van der Waals surface area (Å²) in [5.41, 5.74) is 0.957. The molecule has 21 heavy (non-hydrogen) atoms. The van der Waals surface area contributed by atoms with Gasteiger partial charge in [0.1, 0.15) is 0 Å². The van der Waals surface area contributed by atoms with E-state index < -0.39 is 0 Å². The summed E-state index contributed by atoms with van der Waals surface area (Å²) in [7, 11) is 0. The Hall–Kier alpha value is -2.68. The molecule has 1 aromatic carbocycles. The van der Waals surface area contributed by atoms with Crippen molar-refractivity contribution in [1.82, 2.24) is 20.3 Å². The minimum Gasteiger partial charge on any atom is -0.347 e. The molecule has 6 heteroatoms. The summed E-state index contributed by atoms with van der Waals surface area (Å²) >= 11 is 0. The van der Waals surface area contributed by atoms with Gasteiger partial charge in [-0.25, -0.2) is 0 Å². The number of nitrogens with zero attached hydrogens (tertiary/aromatic N) is 4. The number of nitriles is 1. The first-order valence-electron chi connectivity index (χ1n) is 6.75. The van der Waals surface area contributed by atoms with Crippen LogP contribution in [0.1, 0.15) is 29.8 Å². The number of hydrogen-bond acceptors (Lipinski definition) is 4. The minimum atomic E-state index is -0.189. The second-order valence-electron chi connectivity index (χ2n) is 5.14. The summed E-state index contributed by atoms with van der Waals surface area (Å²) in [6, 6.07) is 8.63. The highest BCUT2D eigenvalue weighted by Gasteiger charge is 2.18. The Bertz CT molecular complexity index is 642.